The van der Waals surface area contributed by atoms with Crippen LogP contribution in [0.15, 0.2) is 46.2 Å². The first kappa shape index (κ1) is 15.9. The number of aromatic carboxylic acids is 1. The summed E-state index contributed by atoms with van der Waals surface area (Å²) in [5.41, 5.74) is 0.0866. The summed E-state index contributed by atoms with van der Waals surface area (Å²) in [7, 11) is -0.712. The Labute approximate surface area is 126 Å². The van der Waals surface area contributed by atoms with Crippen molar-refractivity contribution < 1.29 is 18.3 Å². The zero-order valence-electron chi connectivity index (χ0n) is 11.9. The Hall–Kier alpha value is -2.45. The van der Waals surface area contributed by atoms with Crippen molar-refractivity contribution in [1.29, 1.82) is 0 Å². The second kappa shape index (κ2) is 5.74. The van der Waals surface area contributed by atoms with Crippen LogP contribution < -0.4 is 5.56 Å². The smallest absolute Gasteiger partial charge is 0.337 e. The van der Waals surface area contributed by atoms with Crippen LogP contribution in [0.2, 0.25) is 0 Å². The molecule has 22 heavy (non-hydrogen) atoms. The number of nitrogens with one attached hydrogen (secondary N) is 1. The maximum atomic E-state index is 12.0. The Kier molecular flexibility index (Phi) is 4.16. The highest BCUT2D eigenvalue weighted by Gasteiger charge is 2.17. The molecule has 7 nitrogen and oxygen atoms in total. The number of nitrogens with zero attached hydrogens (tertiary/aromatic N) is 1. The van der Waals surface area contributed by atoms with Gasteiger partial charge in [0.2, 0.25) is 10.0 Å². The van der Waals surface area contributed by atoms with Crippen LogP contribution in [0, 0.1) is 0 Å². The van der Waals surface area contributed by atoms with E-state index in [0.29, 0.717) is 5.56 Å². The summed E-state index contributed by atoms with van der Waals surface area (Å²) in [5, 5.41) is 8.95. The number of rotatable bonds is 4. The van der Waals surface area contributed by atoms with Gasteiger partial charge in [-0.1, -0.05) is 12.1 Å². The Balaban J connectivity index is 2.50. The molecule has 0 amide bonds. The van der Waals surface area contributed by atoms with E-state index in [9.17, 15) is 18.0 Å². The zero-order valence-corrected chi connectivity index (χ0v) is 12.7. The van der Waals surface area contributed by atoms with Crippen LogP contribution in [0.4, 0.5) is 0 Å². The number of carbonyl (C=O) groups is 1. The van der Waals surface area contributed by atoms with Crippen molar-refractivity contribution in [3.05, 3.63) is 52.4 Å². The standard InChI is InChI=1S/C14H14N2O5S/c1-16(2)22(20,21)11-5-3-9(4-6-11)12-7-10(14(18)19)8-15-13(12)17/h3-8H,1-2H3,(H,15,17)(H,18,19). The molecule has 0 aliphatic carbocycles. The molecule has 1 heterocycles. The van der Waals surface area contributed by atoms with Crippen LogP contribution in [0.25, 0.3) is 11.1 Å². The lowest BCUT2D eigenvalue weighted by Crippen LogP contribution is -2.22. The summed E-state index contributed by atoms with van der Waals surface area (Å²) in [6.07, 6.45) is 1.11. The van der Waals surface area contributed by atoms with Gasteiger partial charge in [-0.05, 0) is 23.8 Å². The van der Waals surface area contributed by atoms with Crippen LogP contribution in [0.1, 0.15) is 10.4 Å². The molecule has 1 aromatic heterocycles. The second-order valence-corrected chi connectivity index (χ2v) is 6.90. The summed E-state index contributed by atoms with van der Waals surface area (Å²) in [4.78, 5) is 25.2. The molecule has 0 radical (unpaired) electrons. The van der Waals surface area contributed by atoms with E-state index in [1.807, 2.05) is 0 Å². The van der Waals surface area contributed by atoms with Crippen molar-refractivity contribution in [3.8, 4) is 11.1 Å². The highest BCUT2D eigenvalue weighted by Crippen LogP contribution is 2.20. The predicted octanol–water partition coefficient (Wildman–Crippen LogP) is 0.990. The molecule has 2 N–H and O–H groups in total. The van der Waals surface area contributed by atoms with Crippen molar-refractivity contribution in [2.45, 2.75) is 4.90 Å². The van der Waals surface area contributed by atoms with Crippen molar-refractivity contribution in [1.82, 2.24) is 9.29 Å². The van der Waals surface area contributed by atoms with E-state index in [0.717, 1.165) is 10.5 Å². The molecular weight excluding hydrogens is 308 g/mol. The molecule has 0 fully saturated rings. The van der Waals surface area contributed by atoms with Gasteiger partial charge in [0, 0.05) is 25.9 Å². The third kappa shape index (κ3) is 2.92. The molecule has 1 aromatic carbocycles. The zero-order chi connectivity index (χ0) is 16.5. The Morgan fingerprint density at radius 2 is 1.77 bits per heavy atom. The number of benzene rings is 1. The Morgan fingerprint density at radius 3 is 2.27 bits per heavy atom. The van der Waals surface area contributed by atoms with Gasteiger partial charge in [-0.3, -0.25) is 4.79 Å². The fraction of sp³-hybridized carbons (Fsp3) is 0.143. The predicted molar refractivity (Wildman–Crippen MR) is 80.3 cm³/mol. The second-order valence-electron chi connectivity index (χ2n) is 4.75. The van der Waals surface area contributed by atoms with Gasteiger partial charge in [0.05, 0.1) is 10.5 Å². The van der Waals surface area contributed by atoms with Crippen LogP contribution >= 0.6 is 0 Å². The number of H-pyrrole nitrogens is 1. The molecule has 0 bridgehead atoms. The van der Waals surface area contributed by atoms with Gasteiger partial charge >= 0.3 is 5.97 Å². The molecule has 0 unspecified atom stereocenters. The van der Waals surface area contributed by atoms with Crippen molar-refractivity contribution in [2.24, 2.45) is 0 Å². The number of aromatic amines is 1. The maximum Gasteiger partial charge on any atom is 0.337 e. The Morgan fingerprint density at radius 1 is 1.18 bits per heavy atom. The summed E-state index contributed by atoms with van der Waals surface area (Å²) >= 11 is 0. The van der Waals surface area contributed by atoms with E-state index in [1.54, 1.807) is 0 Å². The van der Waals surface area contributed by atoms with Gasteiger partial charge in [-0.2, -0.15) is 0 Å². The van der Waals surface area contributed by atoms with Crippen molar-refractivity contribution >= 4 is 16.0 Å². The van der Waals surface area contributed by atoms with Crippen molar-refractivity contribution in [2.75, 3.05) is 14.1 Å². The lowest BCUT2D eigenvalue weighted by molar-refractivity contribution is 0.0696. The van der Waals surface area contributed by atoms with E-state index in [2.05, 4.69) is 4.98 Å². The van der Waals surface area contributed by atoms with Crippen LogP contribution in [-0.2, 0) is 10.0 Å². The van der Waals surface area contributed by atoms with Crippen molar-refractivity contribution in [3.63, 3.8) is 0 Å². The average molecular weight is 322 g/mol. The first-order valence-electron chi connectivity index (χ1n) is 6.22. The van der Waals surface area contributed by atoms with Gasteiger partial charge in [-0.25, -0.2) is 17.5 Å². The fourth-order valence-corrected chi connectivity index (χ4v) is 2.74. The third-order valence-corrected chi connectivity index (χ3v) is 4.92. The van der Waals surface area contributed by atoms with E-state index in [4.69, 9.17) is 5.11 Å². The summed E-state index contributed by atoms with van der Waals surface area (Å²) in [6, 6.07) is 6.92. The average Bonchev–Trinajstić information content (AvgIpc) is 2.47. The molecule has 0 spiro atoms. The highest BCUT2D eigenvalue weighted by atomic mass is 32.2. The quantitative estimate of drug-likeness (QED) is 0.873. The van der Waals surface area contributed by atoms with Gasteiger partial charge < -0.3 is 10.1 Å². The minimum atomic E-state index is -3.55. The highest BCUT2D eigenvalue weighted by molar-refractivity contribution is 7.89. The largest absolute Gasteiger partial charge is 0.478 e. The molecule has 0 aliphatic rings. The Bertz CT molecular complexity index is 867. The van der Waals surface area contributed by atoms with Crippen LogP contribution in [0.3, 0.4) is 0 Å². The van der Waals surface area contributed by atoms with E-state index < -0.39 is 21.6 Å². The molecule has 0 saturated carbocycles. The van der Waals surface area contributed by atoms with Gasteiger partial charge in [0.25, 0.3) is 5.56 Å². The monoisotopic (exact) mass is 322 g/mol. The lowest BCUT2D eigenvalue weighted by atomic mass is 10.1. The lowest BCUT2D eigenvalue weighted by Gasteiger charge is -2.11. The molecule has 0 atom stereocenters. The number of hydrogen-bond acceptors (Lipinski definition) is 4. The summed E-state index contributed by atoms with van der Waals surface area (Å²) in [6.45, 7) is 0. The van der Waals surface area contributed by atoms with E-state index in [1.165, 1.54) is 44.4 Å². The molecule has 2 aromatic rings. The molecule has 0 saturated heterocycles. The van der Waals surface area contributed by atoms with Gasteiger partial charge in [0.15, 0.2) is 0 Å². The molecule has 116 valence electrons. The number of carboxylic acid groups (broad SMARTS) is 1. The van der Waals surface area contributed by atoms with Gasteiger partial charge in [-0.15, -0.1) is 0 Å². The number of hydrogen-bond donors (Lipinski definition) is 2. The maximum absolute atomic E-state index is 12.0. The molecule has 2 rings (SSSR count). The molecule has 8 heteroatoms. The van der Waals surface area contributed by atoms with E-state index in [-0.39, 0.29) is 16.0 Å². The minimum absolute atomic E-state index is 0.0559. The van der Waals surface area contributed by atoms with Crippen LogP contribution in [0.5, 0.6) is 0 Å². The first-order chi connectivity index (χ1) is 10.2. The summed E-state index contributed by atoms with van der Waals surface area (Å²) in [5.74, 6) is -1.16. The molecule has 0 aliphatic heterocycles. The number of sulfonamides is 1. The third-order valence-electron chi connectivity index (χ3n) is 3.09. The van der Waals surface area contributed by atoms with E-state index >= 15 is 0 Å². The number of aromatic nitrogens is 1. The topological polar surface area (TPSA) is 108 Å². The molecular formula is C14H14N2O5S. The van der Waals surface area contributed by atoms with Gasteiger partial charge in [0.1, 0.15) is 0 Å². The van der Waals surface area contributed by atoms with Crippen LogP contribution in [-0.4, -0.2) is 42.9 Å². The minimum Gasteiger partial charge on any atom is -0.478 e. The summed E-state index contributed by atoms with van der Waals surface area (Å²) < 4.78 is 25.0. The first-order valence-corrected chi connectivity index (χ1v) is 7.66. The number of pyridine rings is 1. The normalized spacial score (nSPS) is 11.6. The fourth-order valence-electron chi connectivity index (χ4n) is 1.84. The SMILES string of the molecule is CN(C)S(=O)(=O)c1ccc(-c2cc(C(=O)O)c[nH]c2=O)cc1. The number of carboxylic acids is 1.